The van der Waals surface area contributed by atoms with Crippen molar-refractivity contribution < 1.29 is 22.6 Å². The molecule has 0 heterocycles. The van der Waals surface area contributed by atoms with Crippen LogP contribution in [0.2, 0.25) is 54.4 Å². The van der Waals surface area contributed by atoms with Crippen LogP contribution in [-0.2, 0) is 22.6 Å². The van der Waals surface area contributed by atoms with Crippen LogP contribution in [0.5, 0.6) is 0 Å². The molecule has 0 unspecified atom stereocenters. The number of hydrogen-bond donors (Lipinski definition) is 0. The van der Waals surface area contributed by atoms with Gasteiger partial charge in [0.25, 0.3) is 0 Å². The first-order chi connectivity index (χ1) is 22.7. The van der Waals surface area contributed by atoms with E-state index in [1.807, 2.05) is 66.5 Å². The summed E-state index contributed by atoms with van der Waals surface area (Å²) in [4.78, 5) is 0. The van der Waals surface area contributed by atoms with Crippen molar-refractivity contribution in [3.8, 4) is 0 Å². The summed E-state index contributed by atoms with van der Waals surface area (Å²) < 4.78 is 43.4. The van der Waals surface area contributed by atoms with E-state index in [2.05, 4.69) is 102 Å². The maximum absolute atomic E-state index is 15.4. The molecule has 0 aromatic heterocycles. The zero-order valence-corrected chi connectivity index (χ0v) is 38.0. The summed E-state index contributed by atoms with van der Waals surface area (Å²) in [6.07, 6.45) is 0.256. The highest BCUT2D eigenvalue weighted by Crippen LogP contribution is 2.51. The molecular weight excluding hydrogens is 688 g/mol. The van der Waals surface area contributed by atoms with Gasteiger partial charge in [0.2, 0.25) is 0 Å². The zero-order valence-electron chi connectivity index (χ0n) is 34.1. The molecule has 1 saturated carbocycles. The molecule has 1 aliphatic carbocycles. The molecule has 50 heavy (non-hydrogen) atoms. The van der Waals surface area contributed by atoms with Crippen molar-refractivity contribution in [1.82, 2.24) is 0 Å². The minimum atomic E-state index is -3.19. The lowest BCUT2D eigenvalue weighted by Crippen LogP contribution is -2.57. The number of ether oxygens (including phenoxy) is 1. The second-order valence-corrected chi connectivity index (χ2v) is 35.7. The lowest BCUT2D eigenvalue weighted by atomic mass is 9.85. The van der Waals surface area contributed by atoms with Gasteiger partial charge in [-0.3, -0.25) is 0 Å². The molecule has 280 valence electrons. The average Bonchev–Trinajstić information content (AvgIpc) is 2.99. The van der Waals surface area contributed by atoms with Crippen molar-refractivity contribution in [1.29, 1.82) is 0 Å². The normalized spacial score (nSPS) is 21.1. The second-order valence-electron chi connectivity index (χ2n) is 18.7. The van der Waals surface area contributed by atoms with Crippen molar-refractivity contribution in [2.24, 2.45) is 0 Å². The third-order valence-electron chi connectivity index (χ3n) is 11.8. The molecule has 0 amide bonds. The maximum atomic E-state index is 15.4. The summed E-state index contributed by atoms with van der Waals surface area (Å²) in [5.41, 5.74) is 1.79. The van der Waals surface area contributed by atoms with Gasteiger partial charge < -0.3 is 22.6 Å². The van der Waals surface area contributed by atoms with E-state index in [9.17, 15) is 0 Å². The fourth-order valence-electron chi connectivity index (χ4n) is 5.31. The Morgan fingerprint density at radius 2 is 1.14 bits per heavy atom. The Morgan fingerprint density at radius 3 is 1.58 bits per heavy atom. The van der Waals surface area contributed by atoms with Gasteiger partial charge in [-0.2, -0.15) is 0 Å². The molecule has 0 radical (unpaired) electrons. The lowest BCUT2D eigenvalue weighted by Gasteiger charge is -2.49. The molecule has 0 bridgehead atoms. The minimum absolute atomic E-state index is 0.00789. The first-order valence-corrected chi connectivity index (χ1v) is 29.0. The largest absolute Gasteiger partial charge is 0.417 e. The van der Waals surface area contributed by atoms with Crippen LogP contribution in [0, 0.1) is 0 Å². The van der Waals surface area contributed by atoms with Gasteiger partial charge in [-0.05, 0) is 77.8 Å². The Labute approximate surface area is 309 Å². The summed E-state index contributed by atoms with van der Waals surface area (Å²) >= 11 is 0. The first kappa shape index (κ1) is 43.0. The highest BCUT2D eigenvalue weighted by atomic mass is 31.2. The molecule has 0 N–H and O–H groups in total. The molecule has 3 atom stereocenters. The molecule has 1 fully saturated rings. The monoisotopic (exact) mass is 756 g/mol. The van der Waals surface area contributed by atoms with Gasteiger partial charge in [-0.15, -0.1) is 0 Å². The lowest BCUT2D eigenvalue weighted by molar-refractivity contribution is -0.0879. The summed E-state index contributed by atoms with van der Waals surface area (Å²) in [5.74, 6) is 2.01. The van der Waals surface area contributed by atoms with Gasteiger partial charge >= 0.3 is 0 Å². The van der Waals surface area contributed by atoms with Crippen LogP contribution in [0.1, 0.15) is 75.2 Å². The van der Waals surface area contributed by atoms with Crippen molar-refractivity contribution in [2.45, 2.75) is 148 Å². The third kappa shape index (κ3) is 10.2. The van der Waals surface area contributed by atoms with Gasteiger partial charge in [-0.1, -0.05) is 130 Å². The second kappa shape index (κ2) is 15.9. The molecule has 3 rings (SSSR count). The molecule has 1 aliphatic rings. The SMILES string of the molecule is C=C1/C(=C\P(=O)(c2ccccc2)c2ccccc2)C[C@H](O[Si](C)(C)C(C)(C)C)[C@H](OCCCO[Si](C)(C)C(C)(C)C)[C@H]1O[Si](C)(C)C(C)(C)C. The van der Waals surface area contributed by atoms with Crippen molar-refractivity contribution in [2.75, 3.05) is 13.2 Å². The van der Waals surface area contributed by atoms with Gasteiger partial charge in [0.15, 0.2) is 32.1 Å². The van der Waals surface area contributed by atoms with Crippen LogP contribution < -0.4 is 10.6 Å². The van der Waals surface area contributed by atoms with Crippen LogP contribution in [0.4, 0.5) is 0 Å². The Bertz CT molecular complexity index is 1460. The summed E-state index contributed by atoms with van der Waals surface area (Å²) in [6, 6.07) is 19.7. The van der Waals surface area contributed by atoms with Gasteiger partial charge in [0, 0.05) is 30.2 Å². The van der Waals surface area contributed by atoms with Crippen LogP contribution >= 0.6 is 7.14 Å². The highest BCUT2D eigenvalue weighted by molar-refractivity contribution is 7.81. The van der Waals surface area contributed by atoms with Gasteiger partial charge in [-0.25, -0.2) is 0 Å². The summed E-state index contributed by atoms with van der Waals surface area (Å²) in [5, 5.41) is 1.72. The number of hydrogen-bond acceptors (Lipinski definition) is 5. The van der Waals surface area contributed by atoms with E-state index in [4.69, 9.17) is 24.6 Å². The third-order valence-corrected chi connectivity index (χ3v) is 28.1. The zero-order chi connectivity index (χ0) is 38.0. The maximum Gasteiger partial charge on any atom is 0.193 e. The summed E-state index contributed by atoms with van der Waals surface area (Å²) in [7, 11) is -9.65. The van der Waals surface area contributed by atoms with E-state index in [-0.39, 0.29) is 27.3 Å². The molecule has 9 heteroatoms. The molecule has 0 aliphatic heterocycles. The fraction of sp³-hybridized carbons (Fsp3) is 0.610. The van der Waals surface area contributed by atoms with Crippen molar-refractivity contribution in [3.63, 3.8) is 0 Å². The van der Waals surface area contributed by atoms with E-state index in [1.165, 1.54) is 0 Å². The van der Waals surface area contributed by atoms with Crippen molar-refractivity contribution in [3.05, 3.63) is 84.2 Å². The van der Waals surface area contributed by atoms with Crippen molar-refractivity contribution >= 4 is 42.7 Å². The Hall–Kier alpha value is -1.36. The van der Waals surface area contributed by atoms with E-state index in [0.717, 1.165) is 28.2 Å². The molecular formula is C41H69O5PSi3. The van der Waals surface area contributed by atoms with Crippen LogP contribution in [0.3, 0.4) is 0 Å². The minimum Gasteiger partial charge on any atom is -0.417 e. The summed E-state index contributed by atoms with van der Waals surface area (Å²) in [6.45, 7) is 40.1. The molecule has 0 spiro atoms. The van der Waals surface area contributed by atoms with Crippen LogP contribution in [0.25, 0.3) is 0 Å². The topological polar surface area (TPSA) is 54.0 Å². The first-order valence-electron chi connectivity index (χ1n) is 18.5. The van der Waals surface area contributed by atoms with Gasteiger partial charge in [0.1, 0.15) is 6.10 Å². The van der Waals surface area contributed by atoms with E-state index in [0.29, 0.717) is 19.6 Å². The van der Waals surface area contributed by atoms with E-state index >= 15 is 4.57 Å². The Kier molecular flexibility index (Phi) is 13.7. The van der Waals surface area contributed by atoms with Crippen LogP contribution in [-0.4, -0.2) is 56.5 Å². The Balaban J connectivity index is 2.14. The van der Waals surface area contributed by atoms with E-state index in [1.54, 1.807) is 0 Å². The fourth-order valence-corrected chi connectivity index (χ4v) is 11.5. The average molecular weight is 757 g/mol. The molecule has 0 saturated heterocycles. The number of benzene rings is 2. The standard InChI is InChI=1S/C41H69O5PSi3/c1-32-33(31-47(42,34-24-19-17-20-25-34)35-26-21-18-22-27-35)30-36(45-49(13,14)40(5,6)7)38(37(32)46-50(15,16)41(8,9)10)43-28-23-29-44-48(11,12)39(2,3)4/h17-22,24-27,31,36-38H,1,23,28-30H2,2-16H3/b33-31-/t36-,37-,38-/m0/s1. The highest BCUT2D eigenvalue weighted by Gasteiger charge is 2.50. The Morgan fingerprint density at radius 1 is 0.700 bits per heavy atom. The van der Waals surface area contributed by atoms with E-state index < -0.39 is 38.2 Å². The predicted molar refractivity (Wildman–Crippen MR) is 223 cm³/mol. The molecule has 5 nitrogen and oxygen atoms in total. The van der Waals surface area contributed by atoms with Gasteiger partial charge in [0.05, 0.1) is 12.2 Å². The smallest absolute Gasteiger partial charge is 0.193 e. The number of rotatable bonds is 13. The molecule has 2 aromatic carbocycles. The predicted octanol–water partition coefficient (Wildman–Crippen LogP) is 11.4. The quantitative estimate of drug-likeness (QED) is 0.116. The molecule has 2 aromatic rings. The van der Waals surface area contributed by atoms with Crippen LogP contribution in [0.15, 0.2) is 84.2 Å².